The number of non-ortho nitro benzene ring substituents is 1. The number of carbonyl (C=O) groups is 3. The van der Waals surface area contributed by atoms with Crippen LogP contribution in [0.2, 0.25) is 0 Å². The zero-order valence-electron chi connectivity index (χ0n) is 18.4. The zero-order chi connectivity index (χ0) is 24.5. The summed E-state index contributed by atoms with van der Waals surface area (Å²) < 4.78 is 0. The molecule has 4 aromatic carbocycles. The molecule has 0 spiro atoms. The maximum atomic E-state index is 13.6. The largest absolute Gasteiger partial charge is 0.324 e. The van der Waals surface area contributed by atoms with Gasteiger partial charge in [0.15, 0.2) is 0 Å². The molecule has 1 unspecified atom stereocenters. The Morgan fingerprint density at radius 1 is 0.829 bits per heavy atom. The van der Waals surface area contributed by atoms with E-state index in [-0.39, 0.29) is 23.2 Å². The van der Waals surface area contributed by atoms with E-state index in [1.165, 1.54) is 24.3 Å². The molecular formula is C27H19N3O5. The summed E-state index contributed by atoms with van der Waals surface area (Å²) in [6.45, 7) is 0. The fourth-order valence-electron chi connectivity index (χ4n) is 4.32. The van der Waals surface area contributed by atoms with Crippen LogP contribution in [0.3, 0.4) is 0 Å². The van der Waals surface area contributed by atoms with Gasteiger partial charge in [-0.2, -0.15) is 0 Å². The highest BCUT2D eigenvalue weighted by atomic mass is 16.6. The Kier molecular flexibility index (Phi) is 5.54. The molecule has 5 rings (SSSR count). The van der Waals surface area contributed by atoms with Crippen molar-refractivity contribution in [3.8, 4) is 0 Å². The van der Waals surface area contributed by atoms with E-state index in [0.717, 1.165) is 15.7 Å². The van der Waals surface area contributed by atoms with Crippen molar-refractivity contribution >= 4 is 39.9 Å². The number of imide groups is 1. The van der Waals surface area contributed by atoms with Crippen molar-refractivity contribution in [2.75, 3.05) is 5.32 Å². The highest BCUT2D eigenvalue weighted by molar-refractivity contribution is 6.23. The molecule has 0 aliphatic carbocycles. The molecule has 1 aliphatic rings. The van der Waals surface area contributed by atoms with Gasteiger partial charge in [0.1, 0.15) is 6.04 Å². The number of nitro groups is 1. The third-order valence-electron chi connectivity index (χ3n) is 6.06. The quantitative estimate of drug-likeness (QED) is 0.254. The molecule has 3 amide bonds. The van der Waals surface area contributed by atoms with Crippen molar-refractivity contribution in [2.45, 2.75) is 12.5 Å². The van der Waals surface area contributed by atoms with Crippen molar-refractivity contribution in [1.82, 2.24) is 4.90 Å². The van der Waals surface area contributed by atoms with Gasteiger partial charge in [-0.25, -0.2) is 0 Å². The first kappa shape index (κ1) is 22.0. The number of fused-ring (bicyclic) bond motifs is 2. The first-order valence-electron chi connectivity index (χ1n) is 10.9. The summed E-state index contributed by atoms with van der Waals surface area (Å²) >= 11 is 0. The number of benzene rings is 4. The molecule has 172 valence electrons. The monoisotopic (exact) mass is 465 g/mol. The van der Waals surface area contributed by atoms with Gasteiger partial charge < -0.3 is 5.32 Å². The number of nitro benzene ring substituents is 1. The number of amides is 3. The van der Waals surface area contributed by atoms with Crippen molar-refractivity contribution in [3.63, 3.8) is 0 Å². The summed E-state index contributed by atoms with van der Waals surface area (Å²) in [4.78, 5) is 51.5. The molecule has 1 N–H and O–H groups in total. The predicted octanol–water partition coefficient (Wildman–Crippen LogP) is 4.59. The molecule has 0 aromatic heterocycles. The Balaban J connectivity index is 1.52. The Bertz CT molecular complexity index is 1460. The lowest BCUT2D eigenvalue weighted by Gasteiger charge is -2.26. The molecule has 1 aliphatic heterocycles. The van der Waals surface area contributed by atoms with E-state index in [1.54, 1.807) is 30.3 Å². The van der Waals surface area contributed by atoms with Crippen LogP contribution in [-0.2, 0) is 11.2 Å². The number of hydrogen-bond acceptors (Lipinski definition) is 5. The van der Waals surface area contributed by atoms with Crippen LogP contribution in [0.1, 0.15) is 26.3 Å². The van der Waals surface area contributed by atoms with E-state index < -0.39 is 28.7 Å². The van der Waals surface area contributed by atoms with Gasteiger partial charge in [-0.15, -0.1) is 0 Å². The number of anilines is 1. The second-order valence-corrected chi connectivity index (χ2v) is 8.19. The molecule has 4 aromatic rings. The van der Waals surface area contributed by atoms with Crippen LogP contribution in [0.4, 0.5) is 11.4 Å². The molecule has 35 heavy (non-hydrogen) atoms. The minimum absolute atomic E-state index is 0.0000618. The lowest BCUT2D eigenvalue weighted by molar-refractivity contribution is -0.384. The van der Waals surface area contributed by atoms with Gasteiger partial charge in [-0.3, -0.25) is 29.4 Å². The summed E-state index contributed by atoms with van der Waals surface area (Å²) in [5.41, 5.74) is 1.52. The molecule has 0 saturated heterocycles. The molecule has 1 heterocycles. The Labute approximate surface area is 199 Å². The minimum Gasteiger partial charge on any atom is -0.324 e. The smallest absolute Gasteiger partial charge is 0.269 e. The molecule has 0 radical (unpaired) electrons. The molecule has 1 atom stereocenters. The van der Waals surface area contributed by atoms with Gasteiger partial charge in [-0.05, 0) is 29.1 Å². The highest BCUT2D eigenvalue weighted by Gasteiger charge is 2.42. The Hall–Kier alpha value is -4.85. The summed E-state index contributed by atoms with van der Waals surface area (Å²) in [6, 6.07) is 24.0. The summed E-state index contributed by atoms with van der Waals surface area (Å²) in [5, 5.41) is 15.7. The summed E-state index contributed by atoms with van der Waals surface area (Å²) in [5.74, 6) is -1.63. The standard InChI is InChI=1S/C27H19N3O5/c31-25(28-23-11-5-7-18-6-1-2-8-20(18)23)24(16-17-12-14-19(15-13-17)30(34)35)29-26(32)21-9-3-4-10-22(21)27(29)33/h1-15,24H,16H2,(H,28,31). The lowest BCUT2D eigenvalue weighted by Crippen LogP contribution is -2.48. The topological polar surface area (TPSA) is 110 Å². The highest BCUT2D eigenvalue weighted by Crippen LogP contribution is 2.28. The first-order chi connectivity index (χ1) is 16.9. The number of hydrogen-bond donors (Lipinski definition) is 1. The van der Waals surface area contributed by atoms with Crippen molar-refractivity contribution < 1.29 is 19.3 Å². The van der Waals surface area contributed by atoms with Crippen LogP contribution in [0.15, 0.2) is 91.0 Å². The SMILES string of the molecule is O=C(Nc1cccc2ccccc12)C(Cc1ccc([N+](=O)[O-])cc1)N1C(=O)c2ccccc2C1=O. The van der Waals surface area contributed by atoms with Crippen molar-refractivity contribution in [1.29, 1.82) is 0 Å². The molecule has 0 saturated carbocycles. The Morgan fingerprint density at radius 2 is 1.43 bits per heavy atom. The van der Waals surface area contributed by atoms with Crippen molar-refractivity contribution in [2.24, 2.45) is 0 Å². The second-order valence-electron chi connectivity index (χ2n) is 8.19. The molecule has 0 bridgehead atoms. The van der Waals surface area contributed by atoms with Gasteiger partial charge in [0.2, 0.25) is 5.91 Å². The third-order valence-corrected chi connectivity index (χ3v) is 6.06. The minimum atomic E-state index is -1.16. The number of nitrogens with zero attached hydrogens (tertiary/aromatic N) is 2. The van der Waals surface area contributed by atoms with Gasteiger partial charge >= 0.3 is 0 Å². The first-order valence-corrected chi connectivity index (χ1v) is 10.9. The fraction of sp³-hybridized carbons (Fsp3) is 0.0741. The van der Waals surface area contributed by atoms with E-state index in [0.29, 0.717) is 11.3 Å². The maximum absolute atomic E-state index is 13.6. The lowest BCUT2D eigenvalue weighted by atomic mass is 10.0. The molecule has 8 nitrogen and oxygen atoms in total. The molecule has 8 heteroatoms. The van der Waals surface area contributed by atoms with Crippen LogP contribution >= 0.6 is 0 Å². The van der Waals surface area contributed by atoms with Crippen molar-refractivity contribution in [3.05, 3.63) is 118 Å². The van der Waals surface area contributed by atoms with Gasteiger partial charge in [0.05, 0.1) is 16.1 Å². The van der Waals surface area contributed by atoms with Crippen LogP contribution in [-0.4, -0.2) is 33.6 Å². The van der Waals surface area contributed by atoms with E-state index in [2.05, 4.69) is 5.32 Å². The summed E-state index contributed by atoms with van der Waals surface area (Å²) in [7, 11) is 0. The fourth-order valence-corrected chi connectivity index (χ4v) is 4.32. The van der Waals surface area contributed by atoms with Crippen LogP contribution in [0, 0.1) is 10.1 Å². The van der Waals surface area contributed by atoms with E-state index in [9.17, 15) is 24.5 Å². The number of carbonyl (C=O) groups excluding carboxylic acids is 3. The average Bonchev–Trinajstić information content (AvgIpc) is 3.13. The van der Waals surface area contributed by atoms with E-state index in [4.69, 9.17) is 0 Å². The summed E-state index contributed by atoms with van der Waals surface area (Å²) in [6.07, 6.45) is 0.0000618. The average molecular weight is 465 g/mol. The third kappa shape index (κ3) is 4.02. The number of rotatable bonds is 6. The number of nitrogens with one attached hydrogen (secondary N) is 1. The van der Waals surface area contributed by atoms with Crippen LogP contribution < -0.4 is 5.32 Å². The zero-order valence-corrected chi connectivity index (χ0v) is 18.4. The van der Waals surface area contributed by atoms with Crippen LogP contribution in [0.25, 0.3) is 10.8 Å². The normalized spacial score (nSPS) is 13.5. The second kappa shape index (κ2) is 8.83. The van der Waals surface area contributed by atoms with Gasteiger partial charge in [-0.1, -0.05) is 60.7 Å². The molecular weight excluding hydrogens is 446 g/mol. The predicted molar refractivity (Wildman–Crippen MR) is 130 cm³/mol. The van der Waals surface area contributed by atoms with Gasteiger partial charge in [0.25, 0.3) is 17.5 Å². The van der Waals surface area contributed by atoms with E-state index >= 15 is 0 Å². The maximum Gasteiger partial charge on any atom is 0.269 e. The van der Waals surface area contributed by atoms with Crippen LogP contribution in [0.5, 0.6) is 0 Å². The molecule has 0 fully saturated rings. The Morgan fingerprint density at radius 3 is 2.09 bits per heavy atom. The van der Waals surface area contributed by atoms with Gasteiger partial charge in [0, 0.05) is 29.6 Å². The van der Waals surface area contributed by atoms with E-state index in [1.807, 2.05) is 36.4 Å².